The van der Waals surface area contributed by atoms with E-state index in [1.807, 2.05) is 4.72 Å². The fourth-order valence-corrected chi connectivity index (χ4v) is 1.98. The number of sulfonamides is 1. The summed E-state index contributed by atoms with van der Waals surface area (Å²) in [6, 6.07) is 1.13. The predicted molar refractivity (Wildman–Crippen MR) is 64.0 cm³/mol. The van der Waals surface area contributed by atoms with E-state index in [0.29, 0.717) is 6.07 Å². The first-order valence-electron chi connectivity index (χ1n) is 4.44. The second-order valence-electron chi connectivity index (χ2n) is 3.13. The van der Waals surface area contributed by atoms with E-state index < -0.39 is 43.5 Å². The zero-order valence-electron chi connectivity index (χ0n) is 9.04. The molecule has 5 nitrogen and oxygen atoms in total. The average molecular weight is 344 g/mol. The Labute approximate surface area is 110 Å². The summed E-state index contributed by atoms with van der Waals surface area (Å²) in [6.45, 7) is 0. The van der Waals surface area contributed by atoms with Gasteiger partial charge in [0, 0.05) is 6.07 Å². The summed E-state index contributed by atoms with van der Waals surface area (Å²) in [5.74, 6) is -3.31. The number of halogens is 3. The maximum absolute atomic E-state index is 13.3. The van der Waals surface area contributed by atoms with Crippen molar-refractivity contribution in [3.8, 4) is 0 Å². The summed E-state index contributed by atoms with van der Waals surface area (Å²) in [4.78, 5) is 11.2. The summed E-state index contributed by atoms with van der Waals surface area (Å²) in [5.41, 5.74) is -1.09. The number of ether oxygens (including phenoxy) is 1. The minimum absolute atomic E-state index is 0.401. The van der Waals surface area contributed by atoms with Crippen molar-refractivity contribution in [2.45, 2.75) is 0 Å². The lowest BCUT2D eigenvalue weighted by atomic mass is 10.2. The number of anilines is 1. The highest BCUT2D eigenvalue weighted by Crippen LogP contribution is 2.21. The molecule has 0 fully saturated rings. The Hall–Kier alpha value is -1.22. The molecule has 0 aliphatic carbocycles. The third kappa shape index (κ3) is 3.39. The Bertz CT molecular complexity index is 576. The van der Waals surface area contributed by atoms with Gasteiger partial charge in [-0.15, -0.1) is 0 Å². The van der Waals surface area contributed by atoms with E-state index in [4.69, 9.17) is 0 Å². The van der Waals surface area contributed by atoms with Crippen molar-refractivity contribution in [3.63, 3.8) is 0 Å². The molecule has 0 aliphatic heterocycles. The number of hydrogen-bond acceptors (Lipinski definition) is 4. The van der Waals surface area contributed by atoms with Crippen LogP contribution in [0.3, 0.4) is 0 Å². The molecular weight excluding hydrogens is 336 g/mol. The summed E-state index contributed by atoms with van der Waals surface area (Å²) in [7, 11) is -2.78. The van der Waals surface area contributed by atoms with Gasteiger partial charge in [-0.05, 0) is 6.07 Å². The number of esters is 1. The molecule has 0 heterocycles. The molecular formula is C9H8BrF2NO4S. The van der Waals surface area contributed by atoms with Crippen LogP contribution in [-0.4, -0.2) is 26.2 Å². The smallest absolute Gasteiger partial charge is 0.340 e. The highest BCUT2D eigenvalue weighted by molar-refractivity contribution is 9.10. The second kappa shape index (κ2) is 5.61. The third-order valence-electron chi connectivity index (χ3n) is 1.87. The second-order valence-corrected chi connectivity index (χ2v) is 6.15. The molecule has 1 rings (SSSR count). The minimum atomic E-state index is -3.80. The van der Waals surface area contributed by atoms with E-state index in [9.17, 15) is 22.0 Å². The van der Waals surface area contributed by atoms with Gasteiger partial charge in [0.1, 0.15) is 16.3 Å². The maximum Gasteiger partial charge on any atom is 0.340 e. The van der Waals surface area contributed by atoms with Crippen LogP contribution < -0.4 is 4.72 Å². The highest BCUT2D eigenvalue weighted by atomic mass is 79.9. The summed E-state index contributed by atoms with van der Waals surface area (Å²) in [6.07, 6.45) is 0. The topological polar surface area (TPSA) is 72.5 Å². The number of methoxy groups -OCH3 is 1. The minimum Gasteiger partial charge on any atom is -0.465 e. The fourth-order valence-electron chi connectivity index (χ4n) is 1.09. The monoisotopic (exact) mass is 343 g/mol. The molecule has 9 heteroatoms. The van der Waals surface area contributed by atoms with Crippen LogP contribution in [-0.2, 0) is 14.8 Å². The molecule has 0 saturated carbocycles. The van der Waals surface area contributed by atoms with E-state index in [2.05, 4.69) is 20.7 Å². The van der Waals surface area contributed by atoms with Crippen molar-refractivity contribution in [2.75, 3.05) is 16.5 Å². The van der Waals surface area contributed by atoms with Gasteiger partial charge in [-0.25, -0.2) is 22.0 Å². The van der Waals surface area contributed by atoms with Crippen molar-refractivity contribution in [2.24, 2.45) is 0 Å². The van der Waals surface area contributed by atoms with Gasteiger partial charge >= 0.3 is 5.97 Å². The van der Waals surface area contributed by atoms with Crippen molar-refractivity contribution in [1.82, 2.24) is 0 Å². The fraction of sp³-hybridized carbons (Fsp3) is 0.222. The van der Waals surface area contributed by atoms with Gasteiger partial charge < -0.3 is 4.74 Å². The molecule has 0 aromatic heterocycles. The van der Waals surface area contributed by atoms with Crippen LogP contribution in [0.25, 0.3) is 0 Å². The molecule has 0 aliphatic rings. The van der Waals surface area contributed by atoms with Gasteiger partial charge in [0.15, 0.2) is 0 Å². The molecule has 0 unspecified atom stereocenters. The standard InChI is InChI=1S/C9H8BrF2NO4S/c1-17-9(14)5-2-8(7(12)3-6(5)11)13-18(15,16)4-10/h2-3,13H,4H2,1H3. The maximum atomic E-state index is 13.3. The van der Waals surface area contributed by atoms with Crippen LogP contribution in [0.5, 0.6) is 0 Å². The van der Waals surface area contributed by atoms with Crippen LogP contribution in [0.1, 0.15) is 10.4 Å². The van der Waals surface area contributed by atoms with Gasteiger partial charge in [0.2, 0.25) is 10.0 Å². The van der Waals surface area contributed by atoms with Gasteiger partial charge in [-0.1, -0.05) is 15.9 Å². The number of hydrogen-bond donors (Lipinski definition) is 1. The van der Waals surface area contributed by atoms with Gasteiger partial charge in [-0.3, -0.25) is 4.72 Å². The third-order valence-corrected chi connectivity index (χ3v) is 4.50. The molecule has 18 heavy (non-hydrogen) atoms. The number of benzene rings is 1. The van der Waals surface area contributed by atoms with Crippen LogP contribution in [0, 0.1) is 11.6 Å². The molecule has 1 N–H and O–H groups in total. The van der Waals surface area contributed by atoms with Crippen LogP contribution in [0.4, 0.5) is 14.5 Å². The van der Waals surface area contributed by atoms with Crippen molar-refractivity contribution in [1.29, 1.82) is 0 Å². The van der Waals surface area contributed by atoms with E-state index >= 15 is 0 Å². The lowest BCUT2D eigenvalue weighted by Crippen LogP contribution is -2.15. The van der Waals surface area contributed by atoms with Gasteiger partial charge in [-0.2, -0.15) is 0 Å². The largest absolute Gasteiger partial charge is 0.465 e. The average Bonchev–Trinajstić information content (AvgIpc) is 2.31. The number of rotatable bonds is 4. The first-order chi connectivity index (χ1) is 8.30. The summed E-state index contributed by atoms with van der Waals surface area (Å²) >= 11 is 2.69. The van der Waals surface area contributed by atoms with E-state index in [1.54, 1.807) is 0 Å². The zero-order chi connectivity index (χ0) is 13.9. The Morgan fingerprint density at radius 2 is 2.00 bits per heavy atom. The van der Waals surface area contributed by atoms with Crippen molar-refractivity contribution < 1.29 is 26.7 Å². The van der Waals surface area contributed by atoms with Crippen LogP contribution in [0.15, 0.2) is 12.1 Å². The quantitative estimate of drug-likeness (QED) is 0.668. The Morgan fingerprint density at radius 1 is 1.39 bits per heavy atom. The number of alkyl halides is 1. The lowest BCUT2D eigenvalue weighted by Gasteiger charge is -2.09. The van der Waals surface area contributed by atoms with Crippen LogP contribution >= 0.6 is 15.9 Å². The SMILES string of the molecule is COC(=O)c1cc(NS(=O)(=O)CBr)c(F)cc1F. The molecule has 0 spiro atoms. The van der Waals surface area contributed by atoms with Crippen molar-refractivity contribution in [3.05, 3.63) is 29.3 Å². The van der Waals surface area contributed by atoms with E-state index in [-0.39, 0.29) is 0 Å². The zero-order valence-corrected chi connectivity index (χ0v) is 11.4. The Kier molecular flexibility index (Phi) is 4.63. The molecule has 1 aromatic carbocycles. The molecule has 0 bridgehead atoms. The highest BCUT2D eigenvalue weighted by Gasteiger charge is 2.19. The molecule has 1 aromatic rings. The first kappa shape index (κ1) is 14.8. The molecule has 0 atom stereocenters. The number of nitrogens with one attached hydrogen (secondary N) is 1. The normalized spacial score (nSPS) is 11.1. The number of carbonyl (C=O) groups excluding carboxylic acids is 1. The lowest BCUT2D eigenvalue weighted by molar-refractivity contribution is 0.0595. The Balaban J connectivity index is 3.25. The van der Waals surface area contributed by atoms with Gasteiger partial charge in [0.05, 0.1) is 18.4 Å². The van der Waals surface area contributed by atoms with Gasteiger partial charge in [0.25, 0.3) is 0 Å². The van der Waals surface area contributed by atoms with E-state index in [0.717, 1.165) is 13.2 Å². The molecule has 0 amide bonds. The Morgan fingerprint density at radius 3 is 2.50 bits per heavy atom. The van der Waals surface area contributed by atoms with Crippen LogP contribution in [0.2, 0.25) is 0 Å². The number of carbonyl (C=O) groups is 1. The molecule has 0 radical (unpaired) electrons. The summed E-state index contributed by atoms with van der Waals surface area (Å²) in [5, 5.41) is 0. The summed E-state index contributed by atoms with van der Waals surface area (Å²) < 4.78 is 54.7. The van der Waals surface area contributed by atoms with E-state index in [1.165, 1.54) is 0 Å². The first-order valence-corrected chi connectivity index (χ1v) is 7.22. The molecule has 100 valence electrons. The molecule has 0 saturated heterocycles. The van der Waals surface area contributed by atoms with Crippen molar-refractivity contribution >= 4 is 37.6 Å². The predicted octanol–water partition coefficient (Wildman–Crippen LogP) is 1.85.